The van der Waals surface area contributed by atoms with Gasteiger partial charge in [-0.25, -0.2) is 4.98 Å². The van der Waals surface area contributed by atoms with Crippen molar-refractivity contribution in [1.29, 1.82) is 0 Å². The molecule has 0 N–H and O–H groups in total. The summed E-state index contributed by atoms with van der Waals surface area (Å²) >= 11 is 0. The smallest absolute Gasteiger partial charge is 0.227 e. The van der Waals surface area contributed by atoms with Gasteiger partial charge in [-0.05, 0) is 88.3 Å². The largest absolute Gasteiger partial charge is 0.436 e. The van der Waals surface area contributed by atoms with E-state index in [4.69, 9.17) is 9.40 Å². The molecule has 0 aliphatic heterocycles. The third kappa shape index (κ3) is 5.30. The summed E-state index contributed by atoms with van der Waals surface area (Å²) < 4.78 is 8.46. The van der Waals surface area contributed by atoms with Gasteiger partial charge in [0.15, 0.2) is 5.58 Å². The predicted molar refractivity (Wildman–Crippen MR) is 206 cm³/mol. The molecule has 2 aromatic heterocycles. The van der Waals surface area contributed by atoms with Crippen molar-refractivity contribution in [2.45, 2.75) is 20.8 Å². The van der Waals surface area contributed by atoms with Crippen molar-refractivity contribution in [2.75, 3.05) is 0 Å². The molecule has 0 unspecified atom stereocenters. The zero-order valence-corrected chi connectivity index (χ0v) is 27.9. The molecule has 0 amide bonds. The number of hydrogen-bond acceptors (Lipinski definition) is 2. The van der Waals surface area contributed by atoms with Crippen molar-refractivity contribution in [3.05, 3.63) is 169 Å². The van der Waals surface area contributed by atoms with E-state index in [2.05, 4.69) is 163 Å². The average Bonchev–Trinajstić information content (AvgIpc) is 3.77. The van der Waals surface area contributed by atoms with Gasteiger partial charge in [0.25, 0.3) is 0 Å². The lowest BCUT2D eigenvalue weighted by atomic mass is 9.89. The maximum atomic E-state index is 6.10. The second-order valence-corrected chi connectivity index (χ2v) is 12.0. The van der Waals surface area contributed by atoms with Crippen LogP contribution in [0.15, 0.2) is 168 Å². The fourth-order valence-electron chi connectivity index (χ4n) is 6.93. The van der Waals surface area contributed by atoms with Crippen LogP contribution in [0.3, 0.4) is 0 Å². The van der Waals surface area contributed by atoms with E-state index in [1.807, 2.05) is 26.0 Å². The number of nitrogens with zero attached hydrogens (tertiary/aromatic N) is 2. The second kappa shape index (κ2) is 12.8. The van der Waals surface area contributed by atoms with Crippen LogP contribution in [0.2, 0.25) is 0 Å². The highest BCUT2D eigenvalue weighted by molar-refractivity contribution is 6.09. The number of hydrogen-bond donors (Lipinski definition) is 0. The summed E-state index contributed by atoms with van der Waals surface area (Å²) in [7, 11) is 0. The lowest BCUT2D eigenvalue weighted by Crippen LogP contribution is -1.94. The van der Waals surface area contributed by atoms with Crippen molar-refractivity contribution in [1.82, 2.24) is 9.55 Å². The molecule has 9 rings (SSSR count). The van der Waals surface area contributed by atoms with Gasteiger partial charge < -0.3 is 8.98 Å². The van der Waals surface area contributed by atoms with Crippen LogP contribution in [0.4, 0.5) is 0 Å². The quantitative estimate of drug-likeness (QED) is 0.189. The van der Waals surface area contributed by atoms with Crippen LogP contribution >= 0.6 is 0 Å². The van der Waals surface area contributed by atoms with Crippen molar-refractivity contribution >= 4 is 32.9 Å². The molecule has 0 aliphatic carbocycles. The maximum absolute atomic E-state index is 6.10. The molecule has 0 aliphatic rings. The first-order valence-corrected chi connectivity index (χ1v) is 17.0. The van der Waals surface area contributed by atoms with Gasteiger partial charge in [-0.1, -0.05) is 135 Å². The summed E-state index contributed by atoms with van der Waals surface area (Å²) in [6.45, 7) is 6.06. The number of aromatic nitrogens is 2. The van der Waals surface area contributed by atoms with Crippen LogP contribution in [-0.4, -0.2) is 9.55 Å². The Morgan fingerprint density at radius 3 is 1.47 bits per heavy atom. The zero-order chi connectivity index (χ0) is 33.3. The summed E-state index contributed by atoms with van der Waals surface area (Å²) in [4.78, 5) is 4.78. The van der Waals surface area contributed by atoms with Crippen LogP contribution < -0.4 is 0 Å². The molecule has 0 atom stereocenters. The first kappa shape index (κ1) is 30.2. The van der Waals surface area contributed by atoms with E-state index in [1.54, 1.807) is 0 Å². The van der Waals surface area contributed by atoms with Gasteiger partial charge in [-0.15, -0.1) is 0 Å². The molecule has 7 aromatic carbocycles. The first-order valence-electron chi connectivity index (χ1n) is 17.0. The summed E-state index contributed by atoms with van der Waals surface area (Å²) in [5.74, 6) is 0.642. The monoisotopic (exact) mass is 632 g/mol. The fraction of sp³-hybridized carbons (Fsp3) is 0.0652. The molecule has 2 heterocycles. The Bertz CT molecular complexity index is 2520. The van der Waals surface area contributed by atoms with Gasteiger partial charge in [0.2, 0.25) is 5.89 Å². The van der Waals surface area contributed by atoms with E-state index in [0.29, 0.717) is 5.89 Å². The van der Waals surface area contributed by atoms with Gasteiger partial charge in [0.05, 0.1) is 11.0 Å². The predicted octanol–water partition coefficient (Wildman–Crippen LogP) is 12.9. The molecule has 0 bridgehead atoms. The van der Waals surface area contributed by atoms with Crippen LogP contribution in [0.1, 0.15) is 19.4 Å². The van der Waals surface area contributed by atoms with Crippen molar-refractivity contribution < 1.29 is 4.42 Å². The Labute approximate surface area is 286 Å². The van der Waals surface area contributed by atoms with E-state index in [-0.39, 0.29) is 0 Å². The topological polar surface area (TPSA) is 31.0 Å². The standard InChI is InChI=1S/C44H30N2O.C2H6/c1-29-11-10-20-42-43(29)45-44(47-42)32-23-21-30(22-24-32)34-12-2-4-14-36(34)37-15-5-3-13-35(37)31-25-27-33(28-26-31)46-40-18-8-6-16-38(40)39-17-7-9-19-41(39)46;1-2/h2-28H,1H3;1-2H3. The molecule has 0 spiro atoms. The second-order valence-electron chi connectivity index (χ2n) is 12.0. The Kier molecular flexibility index (Phi) is 7.87. The maximum Gasteiger partial charge on any atom is 0.227 e. The molecule has 0 fully saturated rings. The molecule has 3 nitrogen and oxygen atoms in total. The van der Waals surface area contributed by atoms with Gasteiger partial charge in [0.1, 0.15) is 5.52 Å². The zero-order valence-electron chi connectivity index (χ0n) is 27.9. The normalized spacial score (nSPS) is 11.2. The molecule has 3 heteroatoms. The highest BCUT2D eigenvalue weighted by Gasteiger charge is 2.15. The number of benzene rings is 7. The highest BCUT2D eigenvalue weighted by Crippen LogP contribution is 2.39. The summed E-state index contributed by atoms with van der Waals surface area (Å²) in [6.07, 6.45) is 0. The average molecular weight is 633 g/mol. The fourth-order valence-corrected chi connectivity index (χ4v) is 6.93. The summed E-state index contributed by atoms with van der Waals surface area (Å²) in [5.41, 5.74) is 14.5. The molecular formula is C46H36N2O. The van der Waals surface area contributed by atoms with E-state index in [9.17, 15) is 0 Å². The van der Waals surface area contributed by atoms with Crippen molar-refractivity contribution in [3.8, 4) is 50.5 Å². The Morgan fingerprint density at radius 1 is 0.449 bits per heavy atom. The molecular weight excluding hydrogens is 597 g/mol. The number of para-hydroxylation sites is 3. The summed E-state index contributed by atoms with van der Waals surface area (Å²) in [6, 6.07) is 58.2. The Hall–Kier alpha value is -6.19. The molecule has 0 saturated carbocycles. The van der Waals surface area contributed by atoms with Gasteiger partial charge in [0, 0.05) is 22.0 Å². The minimum atomic E-state index is 0.642. The molecule has 9 aromatic rings. The highest BCUT2D eigenvalue weighted by atomic mass is 16.3. The van der Waals surface area contributed by atoms with Crippen LogP contribution in [-0.2, 0) is 0 Å². The van der Waals surface area contributed by atoms with Gasteiger partial charge in [-0.2, -0.15) is 0 Å². The number of fused-ring (bicyclic) bond motifs is 4. The molecule has 0 saturated heterocycles. The van der Waals surface area contributed by atoms with E-state index in [1.165, 1.54) is 49.6 Å². The van der Waals surface area contributed by atoms with E-state index < -0.39 is 0 Å². The number of aryl methyl sites for hydroxylation is 1. The van der Waals surface area contributed by atoms with Crippen molar-refractivity contribution in [3.63, 3.8) is 0 Å². The minimum Gasteiger partial charge on any atom is -0.436 e. The molecule has 0 radical (unpaired) electrons. The van der Waals surface area contributed by atoms with Gasteiger partial charge in [-0.3, -0.25) is 0 Å². The van der Waals surface area contributed by atoms with E-state index in [0.717, 1.165) is 33.5 Å². The van der Waals surface area contributed by atoms with Crippen LogP contribution in [0, 0.1) is 6.92 Å². The Morgan fingerprint density at radius 2 is 0.918 bits per heavy atom. The third-order valence-corrected chi connectivity index (χ3v) is 9.22. The Balaban J connectivity index is 0.00000171. The lowest BCUT2D eigenvalue weighted by Gasteiger charge is -2.15. The van der Waals surface area contributed by atoms with E-state index >= 15 is 0 Å². The van der Waals surface area contributed by atoms with Crippen molar-refractivity contribution in [2.24, 2.45) is 0 Å². The van der Waals surface area contributed by atoms with Crippen LogP contribution in [0.5, 0.6) is 0 Å². The third-order valence-electron chi connectivity index (χ3n) is 9.22. The SMILES string of the molecule is CC.Cc1cccc2oc(-c3ccc(-c4ccccc4-c4ccccc4-c4ccc(-n5c6ccccc6c6ccccc65)cc4)cc3)nc12. The molecule has 49 heavy (non-hydrogen) atoms. The number of oxazole rings is 1. The molecule has 236 valence electrons. The van der Waals surface area contributed by atoms with Gasteiger partial charge >= 0.3 is 0 Å². The first-order chi connectivity index (χ1) is 24.2. The summed E-state index contributed by atoms with van der Waals surface area (Å²) in [5, 5.41) is 2.54. The van der Waals surface area contributed by atoms with Crippen LogP contribution in [0.25, 0.3) is 83.4 Å². The minimum absolute atomic E-state index is 0.642. The number of rotatable bonds is 5. The lowest BCUT2D eigenvalue weighted by molar-refractivity contribution is 0.620.